The van der Waals surface area contributed by atoms with E-state index in [-0.39, 0.29) is 11.4 Å². The quantitative estimate of drug-likeness (QED) is 0.635. The lowest BCUT2D eigenvalue weighted by molar-refractivity contribution is -0.144. The normalized spacial score (nSPS) is 12.9. The van der Waals surface area contributed by atoms with Gasteiger partial charge >= 0.3 is 12.4 Å². The third-order valence-electron chi connectivity index (χ3n) is 3.58. The monoisotopic (exact) mass is 437 g/mol. The summed E-state index contributed by atoms with van der Waals surface area (Å²) in [6.07, 6.45) is -8.94. The maximum atomic E-state index is 13.1. The number of halogens is 6. The molecule has 0 atom stereocenters. The molecule has 0 bridgehead atoms. The predicted octanol–water partition coefficient (Wildman–Crippen LogP) is 3.01. The largest absolute Gasteiger partial charge is 0.453 e. The van der Waals surface area contributed by atoms with E-state index in [1.54, 1.807) is 0 Å². The van der Waals surface area contributed by atoms with Crippen molar-refractivity contribution in [2.24, 2.45) is 5.14 Å². The van der Waals surface area contributed by atoms with Crippen LogP contribution in [-0.4, -0.2) is 28.2 Å². The Morgan fingerprint density at radius 2 is 1.66 bits per heavy atom. The summed E-state index contributed by atoms with van der Waals surface area (Å²) in [6, 6.07) is 5.43. The van der Waals surface area contributed by atoms with Crippen molar-refractivity contribution in [2.75, 3.05) is 0 Å². The molecule has 0 aliphatic heterocycles. The summed E-state index contributed by atoms with van der Waals surface area (Å²) in [7, 11) is -4.12. The van der Waals surface area contributed by atoms with Crippen LogP contribution in [0.1, 0.15) is 11.4 Å². The number of nitrogens with zero attached hydrogens (tertiary/aromatic N) is 4. The van der Waals surface area contributed by atoms with Gasteiger partial charge in [-0.05, 0) is 24.3 Å². The fraction of sp³-hybridized carbons (Fsp3) is 0.133. The van der Waals surface area contributed by atoms with E-state index in [1.165, 1.54) is 0 Å². The van der Waals surface area contributed by atoms with Gasteiger partial charge in [-0.2, -0.15) is 31.0 Å². The smallest absolute Gasteiger partial charge is 0.236 e. The van der Waals surface area contributed by atoms with Crippen molar-refractivity contribution in [3.05, 3.63) is 54.0 Å². The average molecular weight is 437 g/mol. The number of sulfonamides is 1. The van der Waals surface area contributed by atoms with Gasteiger partial charge in [0.2, 0.25) is 10.0 Å². The summed E-state index contributed by atoms with van der Waals surface area (Å²) < 4.78 is 101. The number of benzene rings is 1. The predicted molar refractivity (Wildman–Crippen MR) is 86.0 cm³/mol. The molecule has 2 aromatic heterocycles. The van der Waals surface area contributed by atoms with Crippen LogP contribution in [0.25, 0.3) is 17.2 Å². The lowest BCUT2D eigenvalue weighted by atomic mass is 10.1. The SMILES string of the molecule is NS(=O)(=O)c1ccc(-n2nc(C(F)(F)F)nc2-c2cccc(C(F)(F)F)c2)nc1. The van der Waals surface area contributed by atoms with Gasteiger partial charge in [0.1, 0.15) is 4.90 Å². The molecule has 0 unspecified atom stereocenters. The molecule has 0 amide bonds. The van der Waals surface area contributed by atoms with Gasteiger partial charge in [0.25, 0.3) is 5.82 Å². The van der Waals surface area contributed by atoms with Gasteiger partial charge in [0, 0.05) is 11.8 Å². The lowest BCUT2D eigenvalue weighted by Crippen LogP contribution is -2.13. The molecular weight excluding hydrogens is 428 g/mol. The van der Waals surface area contributed by atoms with E-state index >= 15 is 0 Å². The van der Waals surface area contributed by atoms with Crippen molar-refractivity contribution in [3.63, 3.8) is 0 Å². The van der Waals surface area contributed by atoms with E-state index < -0.39 is 44.5 Å². The highest BCUT2D eigenvalue weighted by Gasteiger charge is 2.38. The van der Waals surface area contributed by atoms with Gasteiger partial charge in [0.05, 0.1) is 5.56 Å². The van der Waals surface area contributed by atoms with Crippen LogP contribution in [0.2, 0.25) is 0 Å². The Morgan fingerprint density at radius 3 is 2.17 bits per heavy atom. The van der Waals surface area contributed by atoms with Gasteiger partial charge in [-0.1, -0.05) is 12.1 Å². The summed E-state index contributed by atoms with van der Waals surface area (Å²) >= 11 is 0. The van der Waals surface area contributed by atoms with E-state index in [0.29, 0.717) is 10.7 Å². The fourth-order valence-electron chi connectivity index (χ4n) is 2.28. The molecule has 7 nitrogen and oxygen atoms in total. The Bertz CT molecular complexity index is 1150. The number of primary sulfonamides is 1. The summed E-state index contributed by atoms with van der Waals surface area (Å²) in [5.74, 6) is -2.49. The molecule has 0 saturated carbocycles. The van der Waals surface area contributed by atoms with Gasteiger partial charge < -0.3 is 0 Å². The lowest BCUT2D eigenvalue weighted by Gasteiger charge is -2.09. The third-order valence-corrected chi connectivity index (χ3v) is 4.47. The Kier molecular flexibility index (Phi) is 4.86. The summed E-state index contributed by atoms with van der Waals surface area (Å²) in [4.78, 5) is 6.56. The summed E-state index contributed by atoms with van der Waals surface area (Å²) in [5, 5.41) is 8.20. The molecule has 2 heterocycles. The minimum Gasteiger partial charge on any atom is -0.236 e. The van der Waals surface area contributed by atoms with E-state index in [4.69, 9.17) is 5.14 Å². The first-order valence-corrected chi connectivity index (χ1v) is 9.02. The zero-order chi connectivity index (χ0) is 21.6. The van der Waals surface area contributed by atoms with Crippen LogP contribution < -0.4 is 5.14 Å². The molecule has 0 spiro atoms. The number of rotatable bonds is 3. The number of hydrogen-bond acceptors (Lipinski definition) is 5. The first-order valence-electron chi connectivity index (χ1n) is 7.48. The highest BCUT2D eigenvalue weighted by atomic mass is 32.2. The molecule has 0 aliphatic rings. The number of alkyl halides is 6. The van der Waals surface area contributed by atoms with Gasteiger partial charge in [-0.15, -0.1) is 5.10 Å². The Hall–Kier alpha value is -3.00. The number of aromatic nitrogens is 4. The average Bonchev–Trinajstić information content (AvgIpc) is 3.06. The highest BCUT2D eigenvalue weighted by Crippen LogP contribution is 2.34. The second-order valence-corrected chi connectivity index (χ2v) is 7.21. The van der Waals surface area contributed by atoms with Crippen molar-refractivity contribution in [3.8, 4) is 17.2 Å². The molecule has 0 fully saturated rings. The Morgan fingerprint density at radius 1 is 0.966 bits per heavy atom. The van der Waals surface area contributed by atoms with Crippen molar-refractivity contribution in [1.82, 2.24) is 19.7 Å². The summed E-state index contributed by atoms with van der Waals surface area (Å²) in [6.45, 7) is 0. The zero-order valence-corrected chi connectivity index (χ0v) is 14.7. The standard InChI is InChI=1S/C15H9F6N5O2S/c16-14(17,18)9-3-1-2-8(6-9)12-24-13(15(19,20)21)25-26(12)11-5-4-10(7-23-11)29(22,27)28/h1-7H,(H2,22,27,28). The number of hydrogen-bond donors (Lipinski definition) is 1. The maximum absolute atomic E-state index is 13.1. The van der Waals surface area contributed by atoms with Gasteiger partial charge in [0.15, 0.2) is 11.6 Å². The highest BCUT2D eigenvalue weighted by molar-refractivity contribution is 7.89. The molecule has 1 aromatic carbocycles. The van der Waals surface area contributed by atoms with Crippen LogP contribution in [0, 0.1) is 0 Å². The number of nitrogens with two attached hydrogens (primary N) is 1. The third kappa shape index (κ3) is 4.37. The molecule has 2 N–H and O–H groups in total. The molecule has 0 saturated heterocycles. The van der Waals surface area contributed by atoms with Gasteiger partial charge in [-0.3, -0.25) is 0 Å². The van der Waals surface area contributed by atoms with Crippen LogP contribution in [0.3, 0.4) is 0 Å². The first kappa shape index (κ1) is 20.7. The molecule has 14 heteroatoms. The van der Waals surface area contributed by atoms with Crippen molar-refractivity contribution < 1.29 is 34.8 Å². The van der Waals surface area contributed by atoms with E-state index in [2.05, 4.69) is 15.1 Å². The minimum absolute atomic E-state index is 0.305. The summed E-state index contributed by atoms with van der Waals surface area (Å²) in [5.41, 5.74) is -1.41. The molecule has 29 heavy (non-hydrogen) atoms. The van der Waals surface area contributed by atoms with Gasteiger partial charge in [-0.25, -0.2) is 23.5 Å². The molecule has 0 aliphatic carbocycles. The molecule has 0 radical (unpaired) electrons. The molecule has 3 aromatic rings. The van der Waals surface area contributed by atoms with Crippen LogP contribution in [0.15, 0.2) is 47.5 Å². The number of pyridine rings is 1. The van der Waals surface area contributed by atoms with Crippen molar-refractivity contribution in [2.45, 2.75) is 17.2 Å². The maximum Gasteiger partial charge on any atom is 0.453 e. The minimum atomic E-state index is -4.98. The van der Waals surface area contributed by atoms with Crippen LogP contribution in [0.4, 0.5) is 26.3 Å². The van der Waals surface area contributed by atoms with E-state index in [0.717, 1.165) is 36.5 Å². The van der Waals surface area contributed by atoms with Crippen molar-refractivity contribution in [1.29, 1.82) is 0 Å². The van der Waals surface area contributed by atoms with Crippen LogP contribution >= 0.6 is 0 Å². The second-order valence-electron chi connectivity index (χ2n) is 5.64. The molecular formula is C15H9F6N5O2S. The topological polar surface area (TPSA) is 104 Å². The fourth-order valence-corrected chi connectivity index (χ4v) is 2.74. The Labute approximate surface area is 158 Å². The van der Waals surface area contributed by atoms with E-state index in [9.17, 15) is 34.8 Å². The van der Waals surface area contributed by atoms with Crippen LogP contribution in [-0.2, 0) is 22.4 Å². The molecule has 154 valence electrons. The first-order chi connectivity index (χ1) is 13.3. The Balaban J connectivity index is 2.19. The zero-order valence-electron chi connectivity index (χ0n) is 13.9. The van der Waals surface area contributed by atoms with E-state index in [1.807, 2.05) is 0 Å². The van der Waals surface area contributed by atoms with Crippen molar-refractivity contribution >= 4 is 10.0 Å². The second kappa shape index (κ2) is 6.81. The molecule has 3 rings (SSSR count). The van der Waals surface area contributed by atoms with Crippen LogP contribution in [0.5, 0.6) is 0 Å².